The molecular formula is C15H17N5O3. The number of hydrogen-bond donors (Lipinski definition) is 3. The van der Waals surface area contributed by atoms with Gasteiger partial charge in [0.2, 0.25) is 5.95 Å². The van der Waals surface area contributed by atoms with Crippen LogP contribution >= 0.6 is 0 Å². The number of hydrogen-bond acceptors (Lipinski definition) is 7. The molecule has 8 heteroatoms. The molecular weight excluding hydrogens is 298 g/mol. The smallest absolute Gasteiger partial charge is 0.269 e. The molecule has 1 aromatic heterocycles. The van der Waals surface area contributed by atoms with Crippen molar-refractivity contribution in [1.29, 1.82) is 0 Å². The first kappa shape index (κ1) is 15.2. The SMILES string of the molecule is O=[N+]([O-])c1ccc(Nc2cc(C3CC3)nc(NCCO)n2)cc1. The van der Waals surface area contributed by atoms with Gasteiger partial charge in [-0.15, -0.1) is 0 Å². The predicted octanol–water partition coefficient (Wildman–Crippen LogP) is 2.41. The molecule has 1 aliphatic rings. The van der Waals surface area contributed by atoms with Gasteiger partial charge in [-0.1, -0.05) is 0 Å². The lowest BCUT2D eigenvalue weighted by molar-refractivity contribution is -0.384. The van der Waals surface area contributed by atoms with Gasteiger partial charge in [-0.25, -0.2) is 4.98 Å². The molecule has 0 unspecified atom stereocenters. The first-order chi connectivity index (χ1) is 11.2. The van der Waals surface area contributed by atoms with E-state index in [0.717, 1.165) is 18.5 Å². The molecule has 0 atom stereocenters. The summed E-state index contributed by atoms with van der Waals surface area (Å²) in [6, 6.07) is 8.05. The molecule has 1 heterocycles. The Balaban J connectivity index is 1.80. The Labute approximate surface area is 132 Å². The van der Waals surface area contributed by atoms with Crippen molar-refractivity contribution in [1.82, 2.24) is 9.97 Å². The summed E-state index contributed by atoms with van der Waals surface area (Å²) in [4.78, 5) is 19.0. The standard InChI is InChI=1S/C15H17N5O3/c21-8-7-16-15-18-13(10-1-2-10)9-14(19-15)17-11-3-5-12(6-4-11)20(22)23/h3-6,9-10,21H,1-2,7-8H2,(H2,16,17,18,19). The second-order valence-corrected chi connectivity index (χ2v) is 5.36. The van der Waals surface area contributed by atoms with E-state index < -0.39 is 4.92 Å². The average Bonchev–Trinajstić information content (AvgIpc) is 3.38. The number of nitro benzene ring substituents is 1. The van der Waals surface area contributed by atoms with Crippen molar-refractivity contribution >= 4 is 23.1 Å². The van der Waals surface area contributed by atoms with Gasteiger partial charge in [-0.2, -0.15) is 4.98 Å². The zero-order valence-corrected chi connectivity index (χ0v) is 12.4. The highest BCUT2D eigenvalue weighted by molar-refractivity contribution is 5.59. The minimum atomic E-state index is -0.434. The van der Waals surface area contributed by atoms with Gasteiger partial charge in [0.1, 0.15) is 5.82 Å². The summed E-state index contributed by atoms with van der Waals surface area (Å²) in [6.07, 6.45) is 2.24. The molecule has 3 rings (SSSR count). The third kappa shape index (κ3) is 3.92. The van der Waals surface area contributed by atoms with Crippen molar-refractivity contribution in [2.45, 2.75) is 18.8 Å². The highest BCUT2D eigenvalue weighted by atomic mass is 16.6. The van der Waals surface area contributed by atoms with Crippen LogP contribution in [0.1, 0.15) is 24.5 Å². The first-order valence-corrected chi connectivity index (χ1v) is 7.41. The summed E-state index contributed by atoms with van der Waals surface area (Å²) in [5.41, 5.74) is 1.72. The number of nitrogens with zero attached hydrogens (tertiary/aromatic N) is 3. The summed E-state index contributed by atoms with van der Waals surface area (Å²) in [7, 11) is 0. The van der Waals surface area contributed by atoms with E-state index in [1.165, 1.54) is 12.1 Å². The summed E-state index contributed by atoms with van der Waals surface area (Å²) in [5.74, 6) is 1.55. The van der Waals surface area contributed by atoms with Crippen molar-refractivity contribution in [2.75, 3.05) is 23.8 Å². The second kappa shape index (κ2) is 6.57. The van der Waals surface area contributed by atoms with Gasteiger partial charge in [0, 0.05) is 36.3 Å². The van der Waals surface area contributed by atoms with E-state index in [1.54, 1.807) is 12.1 Å². The molecule has 1 aromatic carbocycles. The Bertz CT molecular complexity index is 701. The number of benzene rings is 1. The lowest BCUT2D eigenvalue weighted by Crippen LogP contribution is -2.10. The van der Waals surface area contributed by atoms with Crippen LogP contribution in [0.25, 0.3) is 0 Å². The molecule has 0 saturated heterocycles. The average molecular weight is 315 g/mol. The molecule has 0 bridgehead atoms. The fourth-order valence-electron chi connectivity index (χ4n) is 2.18. The number of anilines is 3. The minimum absolute atomic E-state index is 0.00211. The van der Waals surface area contributed by atoms with Gasteiger partial charge >= 0.3 is 0 Å². The van der Waals surface area contributed by atoms with Crippen LogP contribution in [0.2, 0.25) is 0 Å². The predicted molar refractivity (Wildman–Crippen MR) is 86.0 cm³/mol. The second-order valence-electron chi connectivity index (χ2n) is 5.36. The third-order valence-corrected chi connectivity index (χ3v) is 3.49. The van der Waals surface area contributed by atoms with Gasteiger partial charge in [0.05, 0.1) is 17.2 Å². The molecule has 1 fully saturated rings. The highest BCUT2D eigenvalue weighted by Gasteiger charge is 2.26. The van der Waals surface area contributed by atoms with Crippen molar-refractivity contribution in [3.63, 3.8) is 0 Å². The molecule has 0 radical (unpaired) electrons. The van der Waals surface area contributed by atoms with Crippen LogP contribution in [0.15, 0.2) is 30.3 Å². The van der Waals surface area contributed by atoms with Crippen LogP contribution in [-0.2, 0) is 0 Å². The summed E-state index contributed by atoms with van der Waals surface area (Å²) >= 11 is 0. The molecule has 120 valence electrons. The van der Waals surface area contributed by atoms with E-state index in [0.29, 0.717) is 29.9 Å². The fraction of sp³-hybridized carbons (Fsp3) is 0.333. The molecule has 0 spiro atoms. The van der Waals surface area contributed by atoms with Gasteiger partial charge in [0.15, 0.2) is 0 Å². The van der Waals surface area contributed by atoms with Crippen LogP contribution < -0.4 is 10.6 Å². The number of rotatable bonds is 7. The number of nitrogens with one attached hydrogen (secondary N) is 2. The number of aliphatic hydroxyl groups is 1. The van der Waals surface area contributed by atoms with Gasteiger partial charge in [0.25, 0.3) is 5.69 Å². The Morgan fingerprint density at radius 1 is 1.26 bits per heavy atom. The molecule has 0 aliphatic heterocycles. The molecule has 23 heavy (non-hydrogen) atoms. The van der Waals surface area contributed by atoms with E-state index in [2.05, 4.69) is 20.6 Å². The quantitative estimate of drug-likeness (QED) is 0.531. The maximum atomic E-state index is 10.7. The van der Waals surface area contributed by atoms with E-state index >= 15 is 0 Å². The van der Waals surface area contributed by atoms with Crippen LogP contribution in [0.4, 0.5) is 23.1 Å². The molecule has 8 nitrogen and oxygen atoms in total. The molecule has 1 saturated carbocycles. The molecule has 1 aliphatic carbocycles. The minimum Gasteiger partial charge on any atom is -0.395 e. The van der Waals surface area contributed by atoms with Crippen molar-refractivity contribution in [2.24, 2.45) is 0 Å². The number of aliphatic hydroxyl groups excluding tert-OH is 1. The molecule has 2 aromatic rings. The Kier molecular flexibility index (Phi) is 4.33. The molecule has 3 N–H and O–H groups in total. The van der Waals surface area contributed by atoms with E-state index in [9.17, 15) is 10.1 Å². The van der Waals surface area contributed by atoms with E-state index in [4.69, 9.17) is 5.11 Å². The van der Waals surface area contributed by atoms with Gasteiger partial charge < -0.3 is 15.7 Å². The number of aromatic nitrogens is 2. The zero-order valence-electron chi connectivity index (χ0n) is 12.4. The third-order valence-electron chi connectivity index (χ3n) is 3.49. The Morgan fingerprint density at radius 2 is 2.00 bits per heavy atom. The van der Waals surface area contributed by atoms with Crippen molar-refractivity contribution in [3.8, 4) is 0 Å². The lowest BCUT2D eigenvalue weighted by atomic mass is 10.2. The van der Waals surface area contributed by atoms with Crippen LogP contribution in [0, 0.1) is 10.1 Å². The van der Waals surface area contributed by atoms with Crippen molar-refractivity contribution in [3.05, 3.63) is 46.1 Å². The largest absolute Gasteiger partial charge is 0.395 e. The summed E-state index contributed by atoms with van der Waals surface area (Å²) in [5, 5.41) is 25.7. The van der Waals surface area contributed by atoms with Crippen LogP contribution in [-0.4, -0.2) is 33.1 Å². The molecule has 0 amide bonds. The number of non-ortho nitro benzene ring substituents is 1. The van der Waals surface area contributed by atoms with Gasteiger partial charge in [-0.3, -0.25) is 10.1 Å². The highest BCUT2D eigenvalue weighted by Crippen LogP contribution is 2.40. The van der Waals surface area contributed by atoms with Gasteiger partial charge in [-0.05, 0) is 25.0 Å². The normalized spacial score (nSPS) is 13.6. The summed E-state index contributed by atoms with van der Waals surface area (Å²) < 4.78 is 0. The van der Waals surface area contributed by atoms with Crippen molar-refractivity contribution < 1.29 is 10.0 Å². The topological polar surface area (TPSA) is 113 Å². The Hall–Kier alpha value is -2.74. The zero-order chi connectivity index (χ0) is 16.2. The fourth-order valence-corrected chi connectivity index (χ4v) is 2.18. The maximum absolute atomic E-state index is 10.7. The lowest BCUT2D eigenvalue weighted by Gasteiger charge is -2.10. The van der Waals surface area contributed by atoms with Crippen LogP contribution in [0.3, 0.4) is 0 Å². The maximum Gasteiger partial charge on any atom is 0.269 e. The first-order valence-electron chi connectivity index (χ1n) is 7.41. The van der Waals surface area contributed by atoms with E-state index in [1.807, 2.05) is 6.07 Å². The van der Waals surface area contributed by atoms with Crippen LogP contribution in [0.5, 0.6) is 0 Å². The monoisotopic (exact) mass is 315 g/mol. The van der Waals surface area contributed by atoms with E-state index in [-0.39, 0.29) is 12.3 Å². The summed E-state index contributed by atoms with van der Waals surface area (Å²) in [6.45, 7) is 0.382. The Morgan fingerprint density at radius 3 is 2.61 bits per heavy atom. The number of nitro groups is 1.